The Hall–Kier alpha value is -5.74. The van der Waals surface area contributed by atoms with Crippen LogP contribution in [-0.4, -0.2) is 82.2 Å². The van der Waals surface area contributed by atoms with Gasteiger partial charge in [0.25, 0.3) is 20.0 Å². The quantitative estimate of drug-likeness (QED) is 0.0453. The fraction of sp³-hybridized carbons (Fsp3) is 0.458. The number of carbonyl (C=O) groups excluding carboxylic acids is 2. The highest BCUT2D eigenvalue weighted by atomic mass is 32.2. The van der Waals surface area contributed by atoms with Gasteiger partial charge in [-0.1, -0.05) is 63.9 Å². The third-order valence-corrected chi connectivity index (χ3v) is 22.1. The molecule has 2 aliphatic rings. The summed E-state index contributed by atoms with van der Waals surface area (Å²) >= 11 is 0. The molecule has 6 unspecified atom stereocenters. The summed E-state index contributed by atoms with van der Waals surface area (Å²) in [6.45, 7) is 14.9. The van der Waals surface area contributed by atoms with Gasteiger partial charge in [0.05, 0.1) is 28.3 Å². The number of amides is 2. The molecule has 0 spiro atoms. The lowest BCUT2D eigenvalue weighted by Gasteiger charge is -2.38. The van der Waals surface area contributed by atoms with Crippen molar-refractivity contribution in [3.05, 3.63) is 96.6 Å². The number of nitrogens with one attached hydrogen (secondary N) is 4. The monoisotopic (exact) mass is 998 g/mol. The first-order valence-corrected chi connectivity index (χ1v) is 29.3. The lowest BCUT2D eigenvalue weighted by atomic mass is 9.90. The molecule has 21 heteroatoms. The Morgan fingerprint density at radius 3 is 1.75 bits per heavy atom. The van der Waals surface area contributed by atoms with Crippen LogP contribution >= 0.6 is 0 Å². The molecule has 4 aromatic heterocycles. The summed E-state index contributed by atoms with van der Waals surface area (Å²) < 4.78 is 63.5. The van der Waals surface area contributed by atoms with Gasteiger partial charge >= 0.3 is 0 Å². The van der Waals surface area contributed by atoms with Crippen molar-refractivity contribution < 1.29 is 36.0 Å². The standard InChI is InChI=1S/C48H62N10O8S2Si/c1-8-32-24-34(59)26-38(32)46(60)55-53-42-28-50-45-41(51-42)21-23-58(45)68(64,65)37-18-14-31(15-19-37)10-9-11-33-25-35(66-69(6,7)48(3,4)5)27-39(33)47(61)56-54-43-29-49-44-40(52-43)20-22-57(44)67(62,63)36-16-12-30(2)13-17-36/h12-23,28-29,32-35,38-39,59H,8-11,24-27H2,1-7H3,(H,51,53)(H,52,54)(H,55,60)(H,56,61). The minimum atomic E-state index is -4.03. The third kappa shape index (κ3) is 10.6. The average Bonchev–Trinajstić information content (AvgIpc) is 4.12. The molecule has 6 atom stereocenters. The fourth-order valence-electron chi connectivity index (χ4n) is 9.33. The summed E-state index contributed by atoms with van der Waals surface area (Å²) in [5.74, 6) is -0.512. The summed E-state index contributed by atoms with van der Waals surface area (Å²) in [6.07, 6.45) is 10.2. The van der Waals surface area contributed by atoms with Crippen molar-refractivity contribution in [2.45, 2.75) is 126 Å². The van der Waals surface area contributed by atoms with Crippen molar-refractivity contribution >= 4 is 74.1 Å². The normalized spacial score (nSPS) is 21.2. The van der Waals surface area contributed by atoms with E-state index in [2.05, 4.69) is 75.5 Å². The van der Waals surface area contributed by atoms with Gasteiger partial charge in [-0.15, -0.1) is 0 Å². The maximum atomic E-state index is 14.0. The molecular weight excluding hydrogens is 937 g/mol. The lowest BCUT2D eigenvalue weighted by molar-refractivity contribution is -0.126. The number of nitrogens with zero attached hydrogens (tertiary/aromatic N) is 6. The van der Waals surface area contributed by atoms with Crippen LogP contribution in [0.1, 0.15) is 83.8 Å². The molecule has 2 amide bonds. The molecule has 0 radical (unpaired) electrons. The number of rotatable bonds is 17. The van der Waals surface area contributed by atoms with Crippen molar-refractivity contribution in [3.63, 3.8) is 0 Å². The van der Waals surface area contributed by atoms with E-state index in [1.54, 1.807) is 60.7 Å². The van der Waals surface area contributed by atoms with Gasteiger partial charge in [-0.2, -0.15) is 0 Å². The number of hydrazine groups is 2. The number of benzene rings is 2. The molecule has 0 saturated heterocycles. The van der Waals surface area contributed by atoms with E-state index in [1.807, 2.05) is 13.8 Å². The summed E-state index contributed by atoms with van der Waals surface area (Å²) in [7, 11) is -10.1. The molecular formula is C48H62N10O8S2Si. The number of hydrogen-bond acceptors (Lipinski definition) is 14. The van der Waals surface area contributed by atoms with Crippen molar-refractivity contribution in [1.82, 2.24) is 38.7 Å². The van der Waals surface area contributed by atoms with Crippen LogP contribution in [0.4, 0.5) is 11.6 Å². The molecule has 0 bridgehead atoms. The van der Waals surface area contributed by atoms with E-state index in [0.717, 1.165) is 44.8 Å². The zero-order valence-corrected chi connectivity index (χ0v) is 42.6. The van der Waals surface area contributed by atoms with Gasteiger partial charge in [0.2, 0.25) is 11.8 Å². The van der Waals surface area contributed by atoms with Crippen molar-refractivity contribution in [3.8, 4) is 0 Å². The largest absolute Gasteiger partial charge is 0.414 e. The number of aromatic nitrogens is 6. The molecule has 2 fully saturated rings. The first-order valence-electron chi connectivity index (χ1n) is 23.5. The topological polar surface area (TPSA) is 241 Å². The highest BCUT2D eigenvalue weighted by Crippen LogP contribution is 2.43. The molecule has 69 heavy (non-hydrogen) atoms. The zero-order valence-electron chi connectivity index (χ0n) is 40.0. The van der Waals surface area contributed by atoms with Crippen LogP contribution in [-0.2, 0) is 40.5 Å². The summed E-state index contributed by atoms with van der Waals surface area (Å²) in [5.41, 5.74) is 14.0. The summed E-state index contributed by atoms with van der Waals surface area (Å²) in [5, 5.41) is 10.0. The van der Waals surface area contributed by atoms with Crippen LogP contribution in [0.15, 0.2) is 95.2 Å². The van der Waals surface area contributed by atoms with Crippen LogP contribution < -0.4 is 21.7 Å². The highest BCUT2D eigenvalue weighted by molar-refractivity contribution is 7.90. The van der Waals surface area contributed by atoms with Gasteiger partial charge < -0.3 is 9.53 Å². The second-order valence-corrected chi connectivity index (χ2v) is 28.4. The minimum absolute atomic E-state index is 0.0111. The van der Waals surface area contributed by atoms with Gasteiger partial charge in [0.1, 0.15) is 11.0 Å². The minimum Gasteiger partial charge on any atom is -0.414 e. The molecule has 2 aliphatic carbocycles. The van der Waals surface area contributed by atoms with E-state index in [1.165, 1.54) is 24.8 Å². The Morgan fingerprint density at radius 2 is 1.25 bits per heavy atom. The Bertz CT molecular complexity index is 3070. The number of fused-ring (bicyclic) bond motifs is 2. The van der Waals surface area contributed by atoms with Gasteiger partial charge in [-0.25, -0.2) is 44.7 Å². The molecule has 2 saturated carbocycles. The predicted molar refractivity (Wildman–Crippen MR) is 265 cm³/mol. The SMILES string of the molecule is CCC1CC(O)CC1C(=O)NNc1cnc2c(ccn2S(=O)(=O)c2ccc(CCCC3CC(O[Si](C)(C)C(C)(C)C)CC3C(=O)NNc3cnc4c(ccn4S(=O)(=O)c4ccc(C)cc4)n3)cc2)n1. The lowest BCUT2D eigenvalue weighted by Crippen LogP contribution is -2.43. The Morgan fingerprint density at radius 1 is 0.739 bits per heavy atom. The van der Waals surface area contributed by atoms with Crippen LogP contribution in [0.3, 0.4) is 0 Å². The van der Waals surface area contributed by atoms with Crippen LogP contribution in [0, 0.1) is 30.6 Å². The Balaban J connectivity index is 0.891. The predicted octanol–water partition coefficient (Wildman–Crippen LogP) is 7.08. The average molecular weight is 999 g/mol. The van der Waals surface area contributed by atoms with Crippen molar-refractivity contribution in [2.24, 2.45) is 23.7 Å². The molecule has 0 aliphatic heterocycles. The number of hydrogen-bond donors (Lipinski definition) is 5. The summed E-state index contributed by atoms with van der Waals surface area (Å²) in [6, 6.07) is 16.5. The van der Waals surface area contributed by atoms with E-state index in [-0.39, 0.29) is 79.3 Å². The van der Waals surface area contributed by atoms with Gasteiger partial charge in [-0.3, -0.25) is 31.3 Å². The molecule has 4 heterocycles. The summed E-state index contributed by atoms with van der Waals surface area (Å²) in [4.78, 5) is 44.8. The fourth-order valence-corrected chi connectivity index (χ4v) is 13.3. The maximum Gasteiger partial charge on any atom is 0.269 e. The van der Waals surface area contributed by atoms with E-state index in [4.69, 9.17) is 4.43 Å². The molecule has 5 N–H and O–H groups in total. The van der Waals surface area contributed by atoms with E-state index < -0.39 is 34.5 Å². The first kappa shape index (κ1) is 49.7. The molecule has 2 aromatic carbocycles. The second kappa shape index (κ2) is 19.6. The Labute approximate surface area is 404 Å². The van der Waals surface area contributed by atoms with Crippen LogP contribution in [0.25, 0.3) is 22.3 Å². The van der Waals surface area contributed by atoms with E-state index in [9.17, 15) is 31.5 Å². The first-order chi connectivity index (χ1) is 32.6. The van der Waals surface area contributed by atoms with Gasteiger partial charge in [-0.05, 0) is 124 Å². The van der Waals surface area contributed by atoms with E-state index >= 15 is 0 Å². The maximum absolute atomic E-state index is 14.0. The molecule has 368 valence electrons. The van der Waals surface area contributed by atoms with E-state index in [0.29, 0.717) is 36.7 Å². The second-order valence-electron chi connectivity index (χ2n) is 20.0. The highest BCUT2D eigenvalue weighted by Gasteiger charge is 2.45. The number of aliphatic hydroxyl groups is 1. The van der Waals surface area contributed by atoms with Crippen molar-refractivity contribution in [1.29, 1.82) is 0 Å². The zero-order chi connectivity index (χ0) is 49.5. The number of aliphatic hydroxyl groups excluding tert-OH is 1. The number of anilines is 2. The van der Waals surface area contributed by atoms with Gasteiger partial charge in [0, 0.05) is 30.3 Å². The number of aryl methyl sites for hydroxylation is 2. The van der Waals surface area contributed by atoms with Crippen LogP contribution in [0.2, 0.25) is 18.1 Å². The van der Waals surface area contributed by atoms with Gasteiger partial charge in [0.15, 0.2) is 31.2 Å². The molecule has 6 aromatic rings. The smallest absolute Gasteiger partial charge is 0.269 e. The van der Waals surface area contributed by atoms with Crippen molar-refractivity contribution in [2.75, 3.05) is 10.9 Å². The molecule has 18 nitrogen and oxygen atoms in total. The third-order valence-electron chi connectivity index (χ3n) is 14.2. The number of carbonyl (C=O) groups is 2. The van der Waals surface area contributed by atoms with Crippen LogP contribution in [0.5, 0.6) is 0 Å². The molecule has 8 rings (SSSR count). The Kier molecular flexibility index (Phi) is 14.1.